The van der Waals surface area contributed by atoms with Crippen molar-refractivity contribution in [2.75, 3.05) is 30.5 Å². The molecule has 1 saturated heterocycles. The van der Waals surface area contributed by atoms with Gasteiger partial charge >= 0.3 is 6.18 Å². The van der Waals surface area contributed by atoms with Crippen LogP contribution in [0, 0.1) is 13.8 Å². The number of amides is 1. The van der Waals surface area contributed by atoms with Crippen LogP contribution in [0.25, 0.3) is 0 Å². The Morgan fingerprint density at radius 1 is 1.23 bits per heavy atom. The number of ether oxygens (including phenoxy) is 1. The molecule has 1 amide bonds. The van der Waals surface area contributed by atoms with Gasteiger partial charge in [0.2, 0.25) is 0 Å². The maximum atomic E-state index is 13.8. The molecular formula is C29H33F3N6O2. The molecule has 0 saturated carbocycles. The number of carbonyl (C=O) groups is 1. The van der Waals surface area contributed by atoms with E-state index in [2.05, 4.69) is 32.9 Å². The fourth-order valence-electron chi connectivity index (χ4n) is 4.45. The molecule has 0 unspecified atom stereocenters. The van der Waals surface area contributed by atoms with Crippen molar-refractivity contribution in [2.45, 2.75) is 39.9 Å². The minimum Gasteiger partial charge on any atom is -0.501 e. The van der Waals surface area contributed by atoms with E-state index in [-0.39, 0.29) is 11.3 Å². The van der Waals surface area contributed by atoms with Crippen LogP contribution < -0.4 is 21.3 Å². The number of halogens is 3. The summed E-state index contributed by atoms with van der Waals surface area (Å²) in [7, 11) is 1.57. The van der Waals surface area contributed by atoms with Crippen molar-refractivity contribution in [1.82, 2.24) is 15.9 Å². The maximum absolute atomic E-state index is 13.8. The second-order valence-electron chi connectivity index (χ2n) is 9.77. The number of anilines is 2. The molecule has 0 bridgehead atoms. The van der Waals surface area contributed by atoms with Crippen molar-refractivity contribution in [3.05, 3.63) is 93.7 Å². The molecule has 0 radical (unpaired) electrons. The Morgan fingerprint density at radius 2 is 1.98 bits per heavy atom. The van der Waals surface area contributed by atoms with Gasteiger partial charge in [0.15, 0.2) is 0 Å². The standard InChI is InChI=1S/C29H33F3N6O2/c1-18-7-8-21(13-27(18)38-17-26(35-36-38)22(15-33-4)11-19(2)40-5)28(39)34-24-12-23(16-37-9-6-10-37)20(3)25(14-24)29(30,31)32/h7-8,11-15,17,35-36H,4,6,9-10,16H2,1-3,5H3,(H,34,39)/b19-11+,22-15+. The highest BCUT2D eigenvalue weighted by molar-refractivity contribution is 6.05. The number of hydrazine groups is 2. The molecule has 0 spiro atoms. The molecule has 2 aromatic rings. The first-order valence-electron chi connectivity index (χ1n) is 12.8. The number of likely N-dealkylation sites (tertiary alicyclic amines) is 1. The van der Waals surface area contributed by atoms with Gasteiger partial charge in [-0.1, -0.05) is 6.07 Å². The predicted octanol–water partition coefficient (Wildman–Crippen LogP) is 5.59. The van der Waals surface area contributed by atoms with Gasteiger partial charge in [0, 0.05) is 35.8 Å². The van der Waals surface area contributed by atoms with Crippen LogP contribution in [0.5, 0.6) is 0 Å². The first-order chi connectivity index (χ1) is 19.0. The van der Waals surface area contributed by atoms with Gasteiger partial charge in [-0.25, -0.2) is 0 Å². The van der Waals surface area contributed by atoms with E-state index in [0.717, 1.165) is 31.1 Å². The van der Waals surface area contributed by atoms with Crippen LogP contribution in [-0.4, -0.2) is 37.7 Å². The SMILES string of the molecule is C=N/C=C(\C=C(/C)OC)C1=CN(c2cc(C(=O)Nc3cc(CN4CCC4)c(C)c(C(F)(F)F)c3)ccc2C)NN1. The molecule has 4 rings (SSSR count). The van der Waals surface area contributed by atoms with Crippen LogP contribution in [-0.2, 0) is 17.5 Å². The smallest absolute Gasteiger partial charge is 0.416 e. The van der Waals surface area contributed by atoms with Crippen molar-refractivity contribution in [3.8, 4) is 0 Å². The lowest BCUT2D eigenvalue weighted by molar-refractivity contribution is -0.138. The fraction of sp³-hybridized carbons (Fsp3) is 0.310. The van der Waals surface area contributed by atoms with E-state index in [0.29, 0.717) is 40.4 Å². The first-order valence-corrected chi connectivity index (χ1v) is 12.8. The number of hydrogen-bond donors (Lipinski definition) is 3. The van der Waals surface area contributed by atoms with Gasteiger partial charge in [-0.05, 0) is 94.0 Å². The van der Waals surface area contributed by atoms with E-state index < -0.39 is 17.6 Å². The maximum Gasteiger partial charge on any atom is 0.416 e. The molecule has 3 N–H and O–H groups in total. The molecule has 2 aliphatic rings. The Kier molecular flexibility index (Phi) is 8.65. The van der Waals surface area contributed by atoms with E-state index in [1.165, 1.54) is 6.92 Å². The van der Waals surface area contributed by atoms with E-state index in [1.807, 2.05) is 13.8 Å². The third-order valence-corrected chi connectivity index (χ3v) is 6.94. The summed E-state index contributed by atoms with van der Waals surface area (Å²) in [5.74, 6) is 0.156. The number of benzene rings is 2. The van der Waals surface area contributed by atoms with E-state index in [9.17, 15) is 18.0 Å². The summed E-state index contributed by atoms with van der Waals surface area (Å²) in [6.07, 6.45) is 1.66. The second-order valence-corrected chi connectivity index (χ2v) is 9.77. The number of nitrogens with one attached hydrogen (secondary N) is 3. The van der Waals surface area contributed by atoms with Gasteiger partial charge in [-0.3, -0.25) is 19.7 Å². The highest BCUT2D eigenvalue weighted by Crippen LogP contribution is 2.36. The monoisotopic (exact) mass is 554 g/mol. The Hall–Kier alpha value is -4.09. The average Bonchev–Trinajstić information content (AvgIpc) is 3.36. The quantitative estimate of drug-likeness (QED) is 0.213. The Morgan fingerprint density at radius 3 is 2.60 bits per heavy atom. The topological polar surface area (TPSA) is 81.2 Å². The molecule has 1 fully saturated rings. The van der Waals surface area contributed by atoms with Crippen molar-refractivity contribution >= 4 is 24.0 Å². The van der Waals surface area contributed by atoms with Crippen molar-refractivity contribution < 1.29 is 22.7 Å². The van der Waals surface area contributed by atoms with Crippen molar-refractivity contribution in [3.63, 3.8) is 0 Å². The highest BCUT2D eigenvalue weighted by atomic mass is 19.4. The lowest BCUT2D eigenvalue weighted by atomic mass is 9.99. The van der Waals surface area contributed by atoms with Crippen LogP contribution in [0.2, 0.25) is 0 Å². The zero-order valence-electron chi connectivity index (χ0n) is 22.9. The summed E-state index contributed by atoms with van der Waals surface area (Å²) in [6.45, 7) is 10.8. The third-order valence-electron chi connectivity index (χ3n) is 6.94. The third kappa shape index (κ3) is 6.54. The molecule has 212 valence electrons. The van der Waals surface area contributed by atoms with Gasteiger partial charge in [0.05, 0.1) is 29.8 Å². The fourth-order valence-corrected chi connectivity index (χ4v) is 4.45. The number of nitrogens with zero attached hydrogens (tertiary/aromatic N) is 3. The van der Waals surface area contributed by atoms with Crippen molar-refractivity contribution in [2.24, 2.45) is 4.99 Å². The van der Waals surface area contributed by atoms with Gasteiger partial charge in [-0.2, -0.15) is 13.2 Å². The molecule has 2 aliphatic heterocycles. The number of aryl methyl sites for hydroxylation is 1. The number of allylic oxidation sites excluding steroid dienone is 2. The van der Waals surface area contributed by atoms with Gasteiger partial charge in [0.25, 0.3) is 5.91 Å². The number of carbonyl (C=O) groups excluding carboxylic acids is 1. The lowest BCUT2D eigenvalue weighted by Gasteiger charge is -2.31. The number of aliphatic imine (C=N–C) groups is 1. The van der Waals surface area contributed by atoms with Gasteiger partial charge in [-0.15, -0.1) is 5.53 Å². The lowest BCUT2D eigenvalue weighted by Crippen LogP contribution is -2.37. The summed E-state index contributed by atoms with van der Waals surface area (Å²) in [4.78, 5) is 19.2. The molecule has 2 aromatic carbocycles. The average molecular weight is 555 g/mol. The molecule has 2 heterocycles. The molecule has 0 aliphatic carbocycles. The number of rotatable bonds is 9. The summed E-state index contributed by atoms with van der Waals surface area (Å²) >= 11 is 0. The van der Waals surface area contributed by atoms with E-state index in [1.54, 1.807) is 54.9 Å². The zero-order valence-corrected chi connectivity index (χ0v) is 22.9. The first kappa shape index (κ1) is 28.9. The van der Waals surface area contributed by atoms with Gasteiger partial charge < -0.3 is 15.5 Å². The molecule has 0 atom stereocenters. The molecular weight excluding hydrogens is 521 g/mol. The van der Waals surface area contributed by atoms with Crippen molar-refractivity contribution in [1.29, 1.82) is 0 Å². The van der Waals surface area contributed by atoms with Gasteiger partial charge in [0.1, 0.15) is 0 Å². The Balaban J connectivity index is 1.60. The van der Waals surface area contributed by atoms with E-state index in [4.69, 9.17) is 4.74 Å². The minimum atomic E-state index is -4.53. The minimum absolute atomic E-state index is 0.107. The van der Waals surface area contributed by atoms with Crippen LogP contribution in [0.1, 0.15) is 46.0 Å². The normalized spacial score (nSPS) is 16.3. The molecule has 11 heteroatoms. The molecule has 40 heavy (non-hydrogen) atoms. The predicted molar refractivity (Wildman–Crippen MR) is 150 cm³/mol. The number of hydrogen-bond acceptors (Lipinski definition) is 7. The summed E-state index contributed by atoms with van der Waals surface area (Å²) in [6, 6.07) is 7.72. The van der Waals surface area contributed by atoms with Crippen LogP contribution >= 0.6 is 0 Å². The summed E-state index contributed by atoms with van der Waals surface area (Å²) in [5.41, 5.74) is 9.42. The van der Waals surface area contributed by atoms with Crippen LogP contribution in [0.15, 0.2) is 70.8 Å². The number of methoxy groups -OCH3 is 1. The Bertz CT molecular complexity index is 1390. The summed E-state index contributed by atoms with van der Waals surface area (Å²) < 4.78 is 46.7. The molecule has 8 nitrogen and oxygen atoms in total. The second kappa shape index (κ2) is 12.0. The summed E-state index contributed by atoms with van der Waals surface area (Å²) in [5, 5.41) is 4.38. The van der Waals surface area contributed by atoms with Crippen LogP contribution in [0.4, 0.5) is 24.5 Å². The highest BCUT2D eigenvalue weighted by Gasteiger charge is 2.34. The van der Waals surface area contributed by atoms with E-state index >= 15 is 0 Å². The zero-order chi connectivity index (χ0) is 29.0. The number of alkyl halides is 3. The van der Waals surface area contributed by atoms with Crippen LogP contribution in [0.3, 0.4) is 0 Å². The Labute approximate surface area is 231 Å². The largest absolute Gasteiger partial charge is 0.501 e. The molecule has 0 aromatic heterocycles.